The molecule has 1 saturated carbocycles. The first kappa shape index (κ1) is 11.0. The minimum absolute atomic E-state index is 0.652. The van der Waals surface area contributed by atoms with Crippen molar-refractivity contribution in [3.05, 3.63) is 46.3 Å². The van der Waals surface area contributed by atoms with Crippen molar-refractivity contribution in [3.63, 3.8) is 0 Å². The highest BCUT2D eigenvalue weighted by Gasteiger charge is 2.36. The Balaban J connectivity index is 1.66. The van der Waals surface area contributed by atoms with Gasteiger partial charge in [0.2, 0.25) is 0 Å². The van der Waals surface area contributed by atoms with Gasteiger partial charge in [-0.05, 0) is 42.2 Å². The van der Waals surface area contributed by atoms with E-state index >= 15 is 0 Å². The average Bonchev–Trinajstić information content (AvgIpc) is 3.10. The van der Waals surface area contributed by atoms with Gasteiger partial charge in [-0.3, -0.25) is 0 Å². The molecule has 3 nitrogen and oxygen atoms in total. The van der Waals surface area contributed by atoms with Crippen molar-refractivity contribution < 1.29 is 0 Å². The maximum absolute atomic E-state index is 8.14. The molecule has 0 heterocycles. The molecule has 0 N–H and O–H groups in total. The Kier molecular flexibility index (Phi) is 3.84. The highest BCUT2D eigenvalue weighted by molar-refractivity contribution is 5.25. The summed E-state index contributed by atoms with van der Waals surface area (Å²) in [6, 6.07) is 10.8. The Morgan fingerprint density at radius 2 is 2.06 bits per heavy atom. The lowest BCUT2D eigenvalue weighted by Gasteiger charge is -1.99. The van der Waals surface area contributed by atoms with Crippen molar-refractivity contribution >= 4 is 0 Å². The molecule has 0 spiro atoms. The molecule has 0 aliphatic heterocycles. The van der Waals surface area contributed by atoms with Crippen LogP contribution in [-0.2, 0) is 0 Å². The van der Waals surface area contributed by atoms with E-state index in [1.807, 2.05) is 0 Å². The van der Waals surface area contributed by atoms with Gasteiger partial charge in [-0.15, -0.1) is 0 Å². The van der Waals surface area contributed by atoms with Crippen LogP contribution in [0.4, 0.5) is 0 Å². The predicted molar refractivity (Wildman–Crippen MR) is 65.2 cm³/mol. The van der Waals surface area contributed by atoms with Gasteiger partial charge in [0.15, 0.2) is 0 Å². The smallest absolute Gasteiger partial charge is 0.0257 e. The summed E-state index contributed by atoms with van der Waals surface area (Å²) in [6.45, 7) is 0.652. The van der Waals surface area contributed by atoms with Crippen LogP contribution < -0.4 is 0 Å². The van der Waals surface area contributed by atoms with Crippen LogP contribution in [0.3, 0.4) is 0 Å². The molecule has 1 fully saturated rings. The van der Waals surface area contributed by atoms with Crippen LogP contribution in [0.1, 0.15) is 37.2 Å². The molecule has 3 heteroatoms. The average molecular weight is 215 g/mol. The third-order valence-corrected chi connectivity index (χ3v) is 3.30. The zero-order valence-corrected chi connectivity index (χ0v) is 9.42. The molecular formula is C13H17N3. The molecular weight excluding hydrogens is 198 g/mol. The number of azide groups is 1. The summed E-state index contributed by atoms with van der Waals surface area (Å²) in [6.07, 6.45) is 4.83. The van der Waals surface area contributed by atoms with E-state index in [-0.39, 0.29) is 0 Å². The van der Waals surface area contributed by atoms with Gasteiger partial charge in [-0.2, -0.15) is 0 Å². The molecule has 0 saturated heterocycles. The minimum atomic E-state index is 0.652. The van der Waals surface area contributed by atoms with Gasteiger partial charge in [0, 0.05) is 11.5 Å². The highest BCUT2D eigenvalue weighted by Crippen LogP contribution is 2.50. The van der Waals surface area contributed by atoms with Gasteiger partial charge in [0.25, 0.3) is 0 Å². The highest BCUT2D eigenvalue weighted by atomic mass is 15.1. The number of hydrogen-bond acceptors (Lipinski definition) is 1. The van der Waals surface area contributed by atoms with Crippen molar-refractivity contribution in [3.8, 4) is 0 Å². The van der Waals surface area contributed by atoms with Crippen molar-refractivity contribution in [1.82, 2.24) is 0 Å². The maximum atomic E-state index is 8.14. The minimum Gasteiger partial charge on any atom is -0.0940 e. The Bertz CT molecular complexity index is 368. The fraction of sp³-hybridized carbons (Fsp3) is 0.538. The Labute approximate surface area is 96.1 Å². The number of unbranched alkanes of at least 4 members (excludes halogenated alkanes) is 1. The van der Waals surface area contributed by atoms with Gasteiger partial charge < -0.3 is 0 Å². The van der Waals surface area contributed by atoms with Crippen LogP contribution in [0.5, 0.6) is 0 Å². The third kappa shape index (κ3) is 3.01. The molecule has 16 heavy (non-hydrogen) atoms. The zero-order chi connectivity index (χ0) is 11.2. The lowest BCUT2D eigenvalue weighted by atomic mass is 10.1. The first-order valence-corrected chi connectivity index (χ1v) is 5.97. The topological polar surface area (TPSA) is 48.8 Å². The Hall–Kier alpha value is -1.47. The summed E-state index contributed by atoms with van der Waals surface area (Å²) in [7, 11) is 0. The molecule has 2 unspecified atom stereocenters. The normalized spacial score (nSPS) is 22.5. The zero-order valence-electron chi connectivity index (χ0n) is 9.42. The van der Waals surface area contributed by atoms with E-state index < -0.39 is 0 Å². The standard InChI is InChI=1S/C13H17N3/c14-16-15-9-5-4-8-12-10-13(12)11-6-2-1-3-7-11/h1-3,6-7,12-13H,4-5,8-10H2. The van der Waals surface area contributed by atoms with E-state index in [0.717, 1.165) is 18.3 Å². The third-order valence-electron chi connectivity index (χ3n) is 3.30. The van der Waals surface area contributed by atoms with Gasteiger partial charge in [0.05, 0.1) is 0 Å². The second-order valence-corrected chi connectivity index (χ2v) is 4.46. The van der Waals surface area contributed by atoms with Crippen LogP contribution in [0.15, 0.2) is 35.4 Å². The second-order valence-electron chi connectivity index (χ2n) is 4.46. The van der Waals surface area contributed by atoms with E-state index in [1.165, 1.54) is 24.8 Å². The number of hydrogen-bond donors (Lipinski definition) is 0. The van der Waals surface area contributed by atoms with E-state index in [1.54, 1.807) is 0 Å². The molecule has 1 aromatic carbocycles. The summed E-state index contributed by atoms with van der Waals surface area (Å²) in [4.78, 5) is 2.76. The van der Waals surface area contributed by atoms with E-state index in [4.69, 9.17) is 5.53 Å². The van der Waals surface area contributed by atoms with Crippen LogP contribution in [0.2, 0.25) is 0 Å². The lowest BCUT2D eigenvalue weighted by Crippen LogP contribution is -1.86. The fourth-order valence-electron chi connectivity index (χ4n) is 2.31. The molecule has 0 bridgehead atoms. The van der Waals surface area contributed by atoms with Crippen molar-refractivity contribution in [2.24, 2.45) is 11.0 Å². The van der Waals surface area contributed by atoms with Gasteiger partial charge in [0.1, 0.15) is 0 Å². The molecule has 2 atom stereocenters. The molecule has 0 radical (unpaired) electrons. The number of nitrogens with zero attached hydrogens (tertiary/aromatic N) is 3. The van der Waals surface area contributed by atoms with Gasteiger partial charge in [-0.25, -0.2) is 0 Å². The van der Waals surface area contributed by atoms with E-state index in [0.29, 0.717) is 6.54 Å². The van der Waals surface area contributed by atoms with E-state index in [2.05, 4.69) is 40.4 Å². The van der Waals surface area contributed by atoms with Crippen LogP contribution in [-0.4, -0.2) is 6.54 Å². The molecule has 1 aromatic rings. The number of benzene rings is 1. The van der Waals surface area contributed by atoms with Crippen LogP contribution in [0.25, 0.3) is 10.4 Å². The number of rotatable bonds is 6. The SMILES string of the molecule is [N-]=[N+]=NCCCCC1CC1c1ccccc1. The fourth-order valence-corrected chi connectivity index (χ4v) is 2.31. The van der Waals surface area contributed by atoms with Gasteiger partial charge >= 0.3 is 0 Å². The molecule has 1 aliphatic carbocycles. The van der Waals surface area contributed by atoms with Gasteiger partial charge in [-0.1, -0.05) is 41.9 Å². The predicted octanol–water partition coefficient (Wildman–Crippen LogP) is 4.27. The Morgan fingerprint density at radius 3 is 2.81 bits per heavy atom. The van der Waals surface area contributed by atoms with Crippen LogP contribution >= 0.6 is 0 Å². The van der Waals surface area contributed by atoms with Crippen molar-refractivity contribution in [2.45, 2.75) is 31.6 Å². The summed E-state index contributed by atoms with van der Waals surface area (Å²) >= 11 is 0. The van der Waals surface area contributed by atoms with Crippen molar-refractivity contribution in [2.75, 3.05) is 6.54 Å². The first-order valence-electron chi connectivity index (χ1n) is 5.97. The summed E-state index contributed by atoms with van der Waals surface area (Å²) in [5, 5.41) is 3.55. The monoisotopic (exact) mass is 215 g/mol. The molecule has 1 aliphatic rings. The largest absolute Gasteiger partial charge is 0.0940 e. The van der Waals surface area contributed by atoms with Crippen LogP contribution in [0, 0.1) is 5.92 Å². The maximum Gasteiger partial charge on any atom is 0.0257 e. The summed E-state index contributed by atoms with van der Waals surface area (Å²) in [5.41, 5.74) is 9.62. The molecule has 0 aromatic heterocycles. The molecule has 84 valence electrons. The summed E-state index contributed by atoms with van der Waals surface area (Å²) < 4.78 is 0. The molecule has 0 amide bonds. The summed E-state index contributed by atoms with van der Waals surface area (Å²) in [5.74, 6) is 1.66. The lowest BCUT2D eigenvalue weighted by molar-refractivity contribution is 0.622. The first-order chi connectivity index (χ1) is 7.92. The second kappa shape index (κ2) is 5.57. The Morgan fingerprint density at radius 1 is 1.25 bits per heavy atom. The molecule has 2 rings (SSSR count). The quantitative estimate of drug-likeness (QED) is 0.294. The van der Waals surface area contributed by atoms with Crippen molar-refractivity contribution in [1.29, 1.82) is 0 Å². The van der Waals surface area contributed by atoms with E-state index in [9.17, 15) is 0 Å².